The molecule has 1 unspecified atom stereocenters. The van der Waals surface area contributed by atoms with Crippen molar-refractivity contribution in [2.24, 2.45) is 5.92 Å². The number of carboxylic acid groups (broad SMARTS) is 1. The lowest BCUT2D eigenvalue weighted by molar-refractivity contribution is -0.140. The molecule has 0 aliphatic heterocycles. The van der Waals surface area contributed by atoms with E-state index in [-0.39, 0.29) is 5.92 Å². The molecule has 0 spiro atoms. The summed E-state index contributed by atoms with van der Waals surface area (Å²) in [5, 5.41) is 8.79. The summed E-state index contributed by atoms with van der Waals surface area (Å²) in [7, 11) is 0. The van der Waals surface area contributed by atoms with E-state index >= 15 is 0 Å². The van der Waals surface area contributed by atoms with Gasteiger partial charge in [-0.25, -0.2) is 0 Å². The maximum absolute atomic E-state index is 10.7. The fourth-order valence-corrected chi connectivity index (χ4v) is 1.59. The van der Waals surface area contributed by atoms with Crippen LogP contribution >= 0.6 is 0 Å². The summed E-state index contributed by atoms with van der Waals surface area (Å²) in [6, 6.07) is 0. The summed E-state index contributed by atoms with van der Waals surface area (Å²) < 4.78 is 0. The molecule has 1 aliphatic carbocycles. The molecule has 0 amide bonds. The van der Waals surface area contributed by atoms with Crippen molar-refractivity contribution in [2.75, 3.05) is 0 Å². The summed E-state index contributed by atoms with van der Waals surface area (Å²) in [5.41, 5.74) is 2.34. The van der Waals surface area contributed by atoms with Crippen LogP contribution in [0, 0.1) is 5.92 Å². The van der Waals surface area contributed by atoms with Gasteiger partial charge in [-0.3, -0.25) is 4.79 Å². The van der Waals surface area contributed by atoms with Crippen LogP contribution < -0.4 is 0 Å². The highest BCUT2D eigenvalue weighted by Gasteiger charge is 2.23. The number of hydrogen-bond donors (Lipinski definition) is 1. The maximum atomic E-state index is 10.7. The number of carboxylic acids is 1. The molecule has 0 heterocycles. The monoisotopic (exact) mass is 154 g/mol. The second-order valence-corrected chi connectivity index (χ2v) is 3.25. The van der Waals surface area contributed by atoms with Crippen molar-refractivity contribution < 1.29 is 9.90 Å². The van der Waals surface area contributed by atoms with Gasteiger partial charge in [0.15, 0.2) is 0 Å². The van der Waals surface area contributed by atoms with Crippen LogP contribution in [0.5, 0.6) is 0 Å². The van der Waals surface area contributed by atoms with E-state index in [1.807, 2.05) is 13.8 Å². The van der Waals surface area contributed by atoms with Gasteiger partial charge >= 0.3 is 5.97 Å². The molecule has 0 bridgehead atoms. The molecule has 0 aromatic rings. The number of aliphatic carboxylic acids is 1. The van der Waals surface area contributed by atoms with E-state index in [1.165, 1.54) is 5.57 Å². The molecule has 2 nitrogen and oxygen atoms in total. The summed E-state index contributed by atoms with van der Waals surface area (Å²) in [4.78, 5) is 10.7. The number of rotatable bonds is 1. The van der Waals surface area contributed by atoms with Gasteiger partial charge in [0.05, 0.1) is 5.92 Å². The zero-order valence-corrected chi connectivity index (χ0v) is 7.05. The third-order valence-electron chi connectivity index (χ3n) is 2.54. The first-order valence-corrected chi connectivity index (χ1v) is 4.02. The Labute approximate surface area is 66.9 Å². The molecule has 1 aliphatic rings. The Hall–Kier alpha value is -0.790. The Morgan fingerprint density at radius 3 is 2.64 bits per heavy atom. The van der Waals surface area contributed by atoms with Crippen LogP contribution in [0.15, 0.2) is 11.1 Å². The van der Waals surface area contributed by atoms with Crippen LogP contribution in [-0.4, -0.2) is 11.1 Å². The summed E-state index contributed by atoms with van der Waals surface area (Å²) in [6.07, 6.45) is 2.92. The van der Waals surface area contributed by atoms with Crippen LogP contribution in [0.4, 0.5) is 0 Å². The molecule has 62 valence electrons. The maximum Gasteiger partial charge on any atom is 0.310 e. The van der Waals surface area contributed by atoms with Crippen molar-refractivity contribution in [1.29, 1.82) is 0 Å². The molecule has 0 aromatic carbocycles. The lowest BCUT2D eigenvalue weighted by Crippen LogP contribution is -2.18. The van der Waals surface area contributed by atoms with Crippen LogP contribution in [0.2, 0.25) is 0 Å². The minimum absolute atomic E-state index is 0.205. The summed E-state index contributed by atoms with van der Waals surface area (Å²) in [6.45, 7) is 3.97. The molecule has 11 heavy (non-hydrogen) atoms. The van der Waals surface area contributed by atoms with Gasteiger partial charge in [-0.05, 0) is 33.1 Å². The van der Waals surface area contributed by atoms with Crippen molar-refractivity contribution in [3.8, 4) is 0 Å². The number of carbonyl (C=O) groups is 1. The van der Waals surface area contributed by atoms with Gasteiger partial charge in [0, 0.05) is 0 Å². The Morgan fingerprint density at radius 2 is 2.18 bits per heavy atom. The molecular weight excluding hydrogens is 140 g/mol. The van der Waals surface area contributed by atoms with Gasteiger partial charge < -0.3 is 5.11 Å². The Bertz CT molecular complexity index is 204. The van der Waals surface area contributed by atoms with Crippen LogP contribution in [0.1, 0.15) is 33.1 Å². The average Bonchev–Trinajstić information content (AvgIpc) is 1.94. The number of hydrogen-bond acceptors (Lipinski definition) is 1. The van der Waals surface area contributed by atoms with Crippen molar-refractivity contribution in [3.05, 3.63) is 11.1 Å². The Balaban J connectivity index is 2.82. The SMILES string of the molecule is CC1=C(C)C(C(=O)O)CCC1. The highest BCUT2D eigenvalue weighted by atomic mass is 16.4. The molecule has 1 rings (SSSR count). The lowest BCUT2D eigenvalue weighted by Gasteiger charge is -2.21. The molecular formula is C9H14O2. The van der Waals surface area contributed by atoms with Gasteiger partial charge in [0.25, 0.3) is 0 Å². The van der Waals surface area contributed by atoms with Crippen molar-refractivity contribution in [3.63, 3.8) is 0 Å². The molecule has 0 saturated heterocycles. The quantitative estimate of drug-likeness (QED) is 0.588. The van der Waals surface area contributed by atoms with Crippen LogP contribution in [0.3, 0.4) is 0 Å². The third-order valence-corrected chi connectivity index (χ3v) is 2.54. The topological polar surface area (TPSA) is 37.3 Å². The lowest BCUT2D eigenvalue weighted by atomic mass is 9.84. The molecule has 0 aromatic heterocycles. The van der Waals surface area contributed by atoms with Gasteiger partial charge in [-0.1, -0.05) is 11.1 Å². The van der Waals surface area contributed by atoms with E-state index in [9.17, 15) is 4.79 Å². The van der Waals surface area contributed by atoms with Gasteiger partial charge in [0.2, 0.25) is 0 Å². The summed E-state index contributed by atoms with van der Waals surface area (Å²) in [5.74, 6) is -0.870. The predicted octanol–water partition coefficient (Wildman–Crippen LogP) is 2.21. The van der Waals surface area contributed by atoms with Crippen LogP contribution in [0.25, 0.3) is 0 Å². The van der Waals surface area contributed by atoms with E-state index in [4.69, 9.17) is 5.11 Å². The Morgan fingerprint density at radius 1 is 1.55 bits per heavy atom. The first-order chi connectivity index (χ1) is 5.13. The fourth-order valence-electron chi connectivity index (χ4n) is 1.59. The molecule has 1 N–H and O–H groups in total. The van der Waals surface area contributed by atoms with Crippen molar-refractivity contribution >= 4 is 5.97 Å². The van der Waals surface area contributed by atoms with Gasteiger partial charge in [0.1, 0.15) is 0 Å². The van der Waals surface area contributed by atoms with Crippen LogP contribution in [-0.2, 0) is 4.79 Å². The van der Waals surface area contributed by atoms with E-state index in [2.05, 4.69) is 0 Å². The second-order valence-electron chi connectivity index (χ2n) is 3.25. The standard InChI is InChI=1S/C9H14O2/c1-6-4-3-5-8(7(6)2)9(10)11/h8H,3-5H2,1-2H3,(H,10,11). The fraction of sp³-hybridized carbons (Fsp3) is 0.667. The first-order valence-electron chi connectivity index (χ1n) is 4.02. The van der Waals surface area contributed by atoms with E-state index < -0.39 is 5.97 Å². The van der Waals surface area contributed by atoms with Crippen molar-refractivity contribution in [2.45, 2.75) is 33.1 Å². The summed E-state index contributed by atoms with van der Waals surface area (Å²) >= 11 is 0. The second kappa shape index (κ2) is 3.07. The number of allylic oxidation sites excluding steroid dienone is 1. The zero-order chi connectivity index (χ0) is 8.43. The molecule has 2 heteroatoms. The zero-order valence-electron chi connectivity index (χ0n) is 7.05. The molecule has 0 radical (unpaired) electrons. The first kappa shape index (κ1) is 8.31. The van der Waals surface area contributed by atoms with Gasteiger partial charge in [-0.2, -0.15) is 0 Å². The third kappa shape index (κ3) is 1.62. The molecule has 0 fully saturated rings. The predicted molar refractivity (Wildman–Crippen MR) is 43.4 cm³/mol. The van der Waals surface area contributed by atoms with E-state index in [1.54, 1.807) is 0 Å². The van der Waals surface area contributed by atoms with Gasteiger partial charge in [-0.15, -0.1) is 0 Å². The molecule has 0 saturated carbocycles. The van der Waals surface area contributed by atoms with Crippen molar-refractivity contribution in [1.82, 2.24) is 0 Å². The van der Waals surface area contributed by atoms with E-state index in [0.29, 0.717) is 0 Å². The minimum atomic E-state index is -0.665. The average molecular weight is 154 g/mol. The smallest absolute Gasteiger partial charge is 0.310 e. The highest BCUT2D eigenvalue weighted by Crippen LogP contribution is 2.29. The molecule has 1 atom stereocenters. The van der Waals surface area contributed by atoms with E-state index in [0.717, 1.165) is 24.8 Å². The normalized spacial score (nSPS) is 25.5. The Kier molecular flexibility index (Phi) is 2.32. The minimum Gasteiger partial charge on any atom is -0.481 e. The largest absolute Gasteiger partial charge is 0.481 e. The highest BCUT2D eigenvalue weighted by molar-refractivity contribution is 5.73.